The van der Waals surface area contributed by atoms with Crippen LogP contribution in [0.5, 0.6) is 0 Å². The number of carbonyl (C=O) groups excluding carboxylic acids is 1. The van der Waals surface area contributed by atoms with Crippen LogP contribution < -0.4 is 10.9 Å². The molecule has 0 bridgehead atoms. The summed E-state index contributed by atoms with van der Waals surface area (Å²) in [5.74, 6) is -0.273. The maximum absolute atomic E-state index is 11.1. The van der Waals surface area contributed by atoms with Crippen LogP contribution in [0, 0.1) is 0 Å². The summed E-state index contributed by atoms with van der Waals surface area (Å²) >= 11 is 0. The third-order valence-corrected chi connectivity index (χ3v) is 1.18. The highest BCUT2D eigenvalue weighted by molar-refractivity contribution is 5.91. The lowest BCUT2D eigenvalue weighted by atomic mass is 10.4. The van der Waals surface area contributed by atoms with Gasteiger partial charge in [0, 0.05) is 12.7 Å². The van der Waals surface area contributed by atoms with Crippen molar-refractivity contribution >= 4 is 5.91 Å². The molecule has 1 rings (SSSR count). The molecule has 2 N–H and O–H groups in total. The molecule has 0 spiro atoms. The Hall–Kier alpha value is -1.49. The average molecular weight is 166 g/mol. The van der Waals surface area contributed by atoms with Crippen molar-refractivity contribution in [2.24, 2.45) is 0 Å². The molecule has 0 aliphatic heterocycles. The summed E-state index contributed by atoms with van der Waals surface area (Å²) in [4.78, 5) is 11.1. The third kappa shape index (κ3) is 2.28. The Labute approximate surface area is 70.2 Å². The first-order valence-electron chi connectivity index (χ1n) is 3.65. The minimum absolute atomic E-state index is 0.273. The predicted molar refractivity (Wildman–Crippen MR) is 43.2 cm³/mol. The number of hydrogen-bond donors (Lipinski definition) is 2. The maximum Gasteiger partial charge on any atom is 0.285 e. The maximum atomic E-state index is 11.1. The van der Waals surface area contributed by atoms with E-state index < -0.39 is 0 Å². The molecule has 64 valence electrons. The molecule has 1 aromatic rings. The first-order chi connectivity index (χ1) is 5.84. The van der Waals surface area contributed by atoms with Crippen molar-refractivity contribution in [1.82, 2.24) is 21.0 Å². The number of rotatable bonds is 3. The van der Waals surface area contributed by atoms with Gasteiger partial charge in [0.15, 0.2) is 5.69 Å². The fourth-order valence-corrected chi connectivity index (χ4v) is 0.655. The number of hydrazine groups is 1. The van der Waals surface area contributed by atoms with E-state index >= 15 is 0 Å². The van der Waals surface area contributed by atoms with Crippen molar-refractivity contribution in [2.45, 2.75) is 6.92 Å². The van der Waals surface area contributed by atoms with E-state index in [0.717, 1.165) is 0 Å². The van der Waals surface area contributed by atoms with E-state index in [2.05, 4.69) is 21.0 Å². The molecule has 0 aromatic carbocycles. The molecule has 1 heterocycles. The highest BCUT2D eigenvalue weighted by Gasteiger charge is 2.03. The van der Waals surface area contributed by atoms with Crippen LogP contribution >= 0.6 is 0 Å². The minimum Gasteiger partial charge on any atom is -0.286 e. The molecule has 5 heteroatoms. The first-order valence-corrected chi connectivity index (χ1v) is 3.65. The van der Waals surface area contributed by atoms with E-state index in [-0.39, 0.29) is 5.91 Å². The molecule has 5 nitrogen and oxygen atoms in total. The molecular formula is C7H10N4O. The van der Waals surface area contributed by atoms with Crippen molar-refractivity contribution in [3.8, 4) is 0 Å². The highest BCUT2D eigenvalue weighted by atomic mass is 16.2. The number of nitrogens with one attached hydrogen (secondary N) is 2. The summed E-state index contributed by atoms with van der Waals surface area (Å²) in [6, 6.07) is 3.26. The molecule has 0 aliphatic rings. The Morgan fingerprint density at radius 1 is 1.67 bits per heavy atom. The van der Waals surface area contributed by atoms with Gasteiger partial charge in [-0.2, -0.15) is 5.10 Å². The fraction of sp³-hybridized carbons (Fsp3) is 0.286. The van der Waals surface area contributed by atoms with Crippen LogP contribution in [0.1, 0.15) is 17.4 Å². The fourth-order valence-electron chi connectivity index (χ4n) is 0.655. The van der Waals surface area contributed by atoms with Gasteiger partial charge in [0.25, 0.3) is 5.91 Å². The number of aromatic nitrogens is 2. The van der Waals surface area contributed by atoms with Crippen LogP contribution in [0.25, 0.3) is 0 Å². The van der Waals surface area contributed by atoms with Crippen molar-refractivity contribution < 1.29 is 4.79 Å². The zero-order chi connectivity index (χ0) is 8.81. The lowest BCUT2D eigenvalue weighted by Crippen LogP contribution is -2.37. The van der Waals surface area contributed by atoms with E-state index in [0.29, 0.717) is 12.2 Å². The summed E-state index contributed by atoms with van der Waals surface area (Å²) in [5.41, 5.74) is 5.44. The average Bonchev–Trinajstić information content (AvgIpc) is 2.15. The van der Waals surface area contributed by atoms with E-state index in [9.17, 15) is 4.79 Å². The second kappa shape index (κ2) is 4.40. The largest absolute Gasteiger partial charge is 0.286 e. The lowest BCUT2D eigenvalue weighted by molar-refractivity contribution is 0.0928. The predicted octanol–water partition coefficient (Wildman–Crippen LogP) is -0.269. The summed E-state index contributed by atoms with van der Waals surface area (Å²) in [6.45, 7) is 2.56. The number of carbonyl (C=O) groups is 1. The summed E-state index contributed by atoms with van der Waals surface area (Å²) in [6.07, 6.45) is 1.52. The van der Waals surface area contributed by atoms with Crippen molar-refractivity contribution in [2.75, 3.05) is 6.54 Å². The second-order valence-corrected chi connectivity index (χ2v) is 2.09. The third-order valence-electron chi connectivity index (χ3n) is 1.18. The lowest BCUT2D eigenvalue weighted by Gasteiger charge is -2.01. The van der Waals surface area contributed by atoms with Crippen LogP contribution in [0.3, 0.4) is 0 Å². The zero-order valence-corrected chi connectivity index (χ0v) is 6.74. The van der Waals surface area contributed by atoms with Gasteiger partial charge in [-0.1, -0.05) is 6.92 Å². The second-order valence-electron chi connectivity index (χ2n) is 2.09. The van der Waals surface area contributed by atoms with Gasteiger partial charge in [0.05, 0.1) is 0 Å². The Kier molecular flexibility index (Phi) is 3.16. The van der Waals surface area contributed by atoms with E-state index in [1.807, 2.05) is 6.92 Å². The van der Waals surface area contributed by atoms with Gasteiger partial charge in [-0.05, 0) is 12.1 Å². The van der Waals surface area contributed by atoms with Crippen LogP contribution in [0.2, 0.25) is 0 Å². The summed E-state index contributed by atoms with van der Waals surface area (Å²) < 4.78 is 0. The van der Waals surface area contributed by atoms with Crippen molar-refractivity contribution in [3.63, 3.8) is 0 Å². The Morgan fingerprint density at radius 2 is 2.50 bits per heavy atom. The topological polar surface area (TPSA) is 66.9 Å². The van der Waals surface area contributed by atoms with Crippen LogP contribution in [0.15, 0.2) is 18.3 Å². The highest BCUT2D eigenvalue weighted by Crippen LogP contribution is 1.88. The SMILES string of the molecule is CCNNC(=O)c1cccnn1. The van der Waals surface area contributed by atoms with Gasteiger partial charge >= 0.3 is 0 Å². The van der Waals surface area contributed by atoms with Crippen molar-refractivity contribution in [1.29, 1.82) is 0 Å². The molecule has 1 aromatic heterocycles. The van der Waals surface area contributed by atoms with Gasteiger partial charge in [-0.3, -0.25) is 10.2 Å². The van der Waals surface area contributed by atoms with E-state index in [4.69, 9.17) is 0 Å². The minimum atomic E-state index is -0.273. The Morgan fingerprint density at radius 3 is 3.08 bits per heavy atom. The van der Waals surface area contributed by atoms with Gasteiger partial charge in [0.1, 0.15) is 0 Å². The van der Waals surface area contributed by atoms with Crippen LogP contribution in [0.4, 0.5) is 0 Å². The number of nitrogens with zero attached hydrogens (tertiary/aromatic N) is 2. The number of hydrogen-bond acceptors (Lipinski definition) is 4. The molecule has 0 saturated heterocycles. The van der Waals surface area contributed by atoms with Crippen LogP contribution in [-0.4, -0.2) is 22.6 Å². The quantitative estimate of drug-likeness (QED) is 0.607. The van der Waals surface area contributed by atoms with Crippen molar-refractivity contribution in [3.05, 3.63) is 24.0 Å². The smallest absolute Gasteiger partial charge is 0.285 e. The molecule has 0 saturated carbocycles. The zero-order valence-electron chi connectivity index (χ0n) is 6.74. The van der Waals surface area contributed by atoms with Crippen LogP contribution in [-0.2, 0) is 0 Å². The van der Waals surface area contributed by atoms with E-state index in [1.165, 1.54) is 6.20 Å². The molecule has 1 amide bonds. The van der Waals surface area contributed by atoms with Gasteiger partial charge in [-0.15, -0.1) is 5.10 Å². The molecule has 0 aliphatic carbocycles. The normalized spacial score (nSPS) is 9.42. The molecule has 0 radical (unpaired) electrons. The molecule has 0 unspecified atom stereocenters. The first kappa shape index (κ1) is 8.61. The van der Waals surface area contributed by atoms with Gasteiger partial charge in [-0.25, -0.2) is 5.43 Å². The summed E-state index contributed by atoms with van der Waals surface area (Å²) in [5, 5.41) is 7.20. The molecular weight excluding hydrogens is 156 g/mol. The van der Waals surface area contributed by atoms with Gasteiger partial charge < -0.3 is 0 Å². The standard InChI is InChI=1S/C7H10N4O/c1-2-8-11-7(12)6-4-3-5-9-10-6/h3-5,8H,2H2,1H3,(H,11,12). The van der Waals surface area contributed by atoms with E-state index in [1.54, 1.807) is 12.1 Å². The molecule has 0 fully saturated rings. The van der Waals surface area contributed by atoms with Gasteiger partial charge in [0.2, 0.25) is 0 Å². The monoisotopic (exact) mass is 166 g/mol. The Balaban J connectivity index is 2.54. The molecule has 0 atom stereocenters. The summed E-state index contributed by atoms with van der Waals surface area (Å²) in [7, 11) is 0. The molecule has 12 heavy (non-hydrogen) atoms. The Bertz CT molecular complexity index is 249. The number of amides is 1.